The van der Waals surface area contributed by atoms with E-state index in [0.29, 0.717) is 12.8 Å². The van der Waals surface area contributed by atoms with Crippen LogP contribution in [0.3, 0.4) is 0 Å². The molecule has 0 amide bonds. The number of halogens is 2. The molecule has 2 rings (SSSR count). The maximum Gasteiger partial charge on any atom is 0.165 e. The van der Waals surface area contributed by atoms with E-state index in [1.807, 2.05) is 0 Å². The van der Waals surface area contributed by atoms with Crippen LogP contribution in [0.25, 0.3) is 0 Å². The number of hydrogen-bond donors (Lipinski definition) is 2. The Morgan fingerprint density at radius 1 is 1.38 bits per heavy atom. The fraction of sp³-hybridized carbons (Fsp3) is 0.500. The van der Waals surface area contributed by atoms with Gasteiger partial charge in [0.25, 0.3) is 0 Å². The lowest BCUT2D eigenvalue weighted by Crippen LogP contribution is -2.27. The van der Waals surface area contributed by atoms with Crippen molar-refractivity contribution < 1.29 is 13.9 Å². The molecule has 0 spiro atoms. The zero-order valence-electron chi connectivity index (χ0n) is 9.13. The second kappa shape index (κ2) is 3.79. The minimum Gasteiger partial charge on any atom is -0.385 e. The molecule has 3 N–H and O–H groups in total. The van der Waals surface area contributed by atoms with Gasteiger partial charge in [0.05, 0.1) is 5.60 Å². The van der Waals surface area contributed by atoms with Gasteiger partial charge in [0.15, 0.2) is 11.6 Å². The first-order valence-electron chi connectivity index (χ1n) is 5.37. The minimum absolute atomic E-state index is 0.0311. The largest absolute Gasteiger partial charge is 0.385 e. The zero-order valence-corrected chi connectivity index (χ0v) is 9.13. The molecule has 0 aliphatic heterocycles. The molecule has 0 saturated heterocycles. The summed E-state index contributed by atoms with van der Waals surface area (Å²) >= 11 is 0. The van der Waals surface area contributed by atoms with E-state index in [4.69, 9.17) is 5.73 Å². The van der Waals surface area contributed by atoms with Crippen LogP contribution >= 0.6 is 0 Å². The van der Waals surface area contributed by atoms with Crippen LogP contribution in [0.1, 0.15) is 30.4 Å². The molecule has 0 aromatic heterocycles. The van der Waals surface area contributed by atoms with Crippen LogP contribution in [0.4, 0.5) is 8.78 Å². The highest BCUT2D eigenvalue weighted by Gasteiger charge is 2.39. The molecule has 1 saturated carbocycles. The summed E-state index contributed by atoms with van der Waals surface area (Å²) in [5.74, 6) is -1.83. The van der Waals surface area contributed by atoms with Crippen molar-refractivity contribution in [2.24, 2.45) is 5.73 Å². The Hall–Kier alpha value is -1.00. The van der Waals surface area contributed by atoms with Crippen LogP contribution in [-0.4, -0.2) is 11.1 Å². The Balaban J connectivity index is 2.45. The standard InChI is InChI=1S/C12H15F2NO/c1-7-2-3-9(11(14)10(7)13)12(16)5-4-8(15)6-12/h2-3,8,16H,4-6,15H2,1H3. The van der Waals surface area contributed by atoms with Gasteiger partial charge in [-0.25, -0.2) is 8.78 Å². The van der Waals surface area contributed by atoms with Crippen molar-refractivity contribution in [3.8, 4) is 0 Å². The van der Waals surface area contributed by atoms with Crippen molar-refractivity contribution >= 4 is 0 Å². The number of rotatable bonds is 1. The molecule has 2 unspecified atom stereocenters. The highest BCUT2D eigenvalue weighted by atomic mass is 19.2. The van der Waals surface area contributed by atoms with Crippen molar-refractivity contribution in [1.29, 1.82) is 0 Å². The molecule has 0 radical (unpaired) electrons. The van der Waals surface area contributed by atoms with Gasteiger partial charge in [-0.2, -0.15) is 0 Å². The van der Waals surface area contributed by atoms with Crippen molar-refractivity contribution in [1.82, 2.24) is 0 Å². The first-order chi connectivity index (χ1) is 7.44. The molecular formula is C12H15F2NO. The van der Waals surface area contributed by atoms with Crippen molar-refractivity contribution in [3.05, 3.63) is 34.9 Å². The lowest BCUT2D eigenvalue weighted by molar-refractivity contribution is 0.0387. The summed E-state index contributed by atoms with van der Waals surface area (Å²) < 4.78 is 27.1. The fourth-order valence-electron chi connectivity index (χ4n) is 2.31. The first kappa shape index (κ1) is 11.5. The van der Waals surface area contributed by atoms with Gasteiger partial charge in [-0.3, -0.25) is 0 Å². The molecule has 4 heteroatoms. The van der Waals surface area contributed by atoms with Gasteiger partial charge in [-0.05, 0) is 31.7 Å². The second-order valence-corrected chi connectivity index (χ2v) is 4.59. The van der Waals surface area contributed by atoms with Crippen LogP contribution in [0.5, 0.6) is 0 Å². The molecule has 1 aliphatic rings. The lowest BCUT2D eigenvalue weighted by Gasteiger charge is -2.24. The molecule has 16 heavy (non-hydrogen) atoms. The SMILES string of the molecule is Cc1ccc(C2(O)CCC(N)C2)c(F)c1F. The van der Waals surface area contributed by atoms with Crippen LogP contribution in [0, 0.1) is 18.6 Å². The Bertz CT molecular complexity index is 422. The predicted molar refractivity (Wildman–Crippen MR) is 56.8 cm³/mol. The lowest BCUT2D eigenvalue weighted by atomic mass is 9.90. The Labute approximate surface area is 93.1 Å². The molecular weight excluding hydrogens is 212 g/mol. The molecule has 1 fully saturated rings. The summed E-state index contributed by atoms with van der Waals surface area (Å²) in [6, 6.07) is 2.79. The number of nitrogens with two attached hydrogens (primary N) is 1. The molecule has 1 aliphatic carbocycles. The van der Waals surface area contributed by atoms with Gasteiger partial charge in [-0.15, -0.1) is 0 Å². The van der Waals surface area contributed by atoms with Crippen LogP contribution in [-0.2, 0) is 5.60 Å². The average Bonchev–Trinajstić information content (AvgIpc) is 2.56. The predicted octanol–water partition coefficient (Wildman–Crippen LogP) is 1.97. The normalized spacial score (nSPS) is 29.7. The van der Waals surface area contributed by atoms with Crippen molar-refractivity contribution in [3.63, 3.8) is 0 Å². The quantitative estimate of drug-likeness (QED) is 0.770. The van der Waals surface area contributed by atoms with Gasteiger partial charge in [0.2, 0.25) is 0 Å². The summed E-state index contributed by atoms with van der Waals surface area (Å²) in [6.45, 7) is 1.49. The van der Waals surface area contributed by atoms with E-state index in [1.54, 1.807) is 0 Å². The topological polar surface area (TPSA) is 46.2 Å². The van der Waals surface area contributed by atoms with E-state index in [9.17, 15) is 13.9 Å². The third-order valence-corrected chi connectivity index (χ3v) is 3.31. The number of benzene rings is 1. The summed E-state index contributed by atoms with van der Waals surface area (Å²) in [4.78, 5) is 0. The van der Waals surface area contributed by atoms with E-state index in [0.717, 1.165) is 0 Å². The van der Waals surface area contributed by atoms with Gasteiger partial charge < -0.3 is 10.8 Å². The fourth-order valence-corrected chi connectivity index (χ4v) is 2.31. The number of aliphatic hydroxyl groups is 1. The summed E-state index contributed by atoms with van der Waals surface area (Å²) in [6.07, 6.45) is 1.30. The summed E-state index contributed by atoms with van der Waals surface area (Å²) in [5, 5.41) is 10.2. The second-order valence-electron chi connectivity index (χ2n) is 4.59. The van der Waals surface area contributed by atoms with Gasteiger partial charge in [-0.1, -0.05) is 12.1 Å². The van der Waals surface area contributed by atoms with Crippen molar-refractivity contribution in [2.45, 2.75) is 37.8 Å². The molecule has 0 bridgehead atoms. The number of aryl methyl sites for hydroxylation is 1. The zero-order chi connectivity index (χ0) is 11.9. The third kappa shape index (κ3) is 1.72. The summed E-state index contributed by atoms with van der Waals surface area (Å²) in [7, 11) is 0. The van der Waals surface area contributed by atoms with Gasteiger partial charge in [0.1, 0.15) is 0 Å². The maximum absolute atomic E-state index is 13.7. The van der Waals surface area contributed by atoms with Crippen molar-refractivity contribution in [2.75, 3.05) is 0 Å². The first-order valence-corrected chi connectivity index (χ1v) is 5.37. The van der Waals surface area contributed by atoms with Gasteiger partial charge in [0, 0.05) is 11.6 Å². The Kier molecular flexibility index (Phi) is 2.72. The number of hydrogen-bond acceptors (Lipinski definition) is 2. The minimum atomic E-state index is -1.31. The monoisotopic (exact) mass is 227 g/mol. The maximum atomic E-state index is 13.7. The van der Waals surface area contributed by atoms with Crippen LogP contribution in [0.2, 0.25) is 0 Å². The average molecular weight is 227 g/mol. The van der Waals surface area contributed by atoms with Gasteiger partial charge >= 0.3 is 0 Å². The molecule has 2 atom stereocenters. The third-order valence-electron chi connectivity index (χ3n) is 3.31. The van der Waals surface area contributed by atoms with Crippen LogP contribution in [0.15, 0.2) is 12.1 Å². The highest BCUT2D eigenvalue weighted by molar-refractivity contribution is 5.31. The van der Waals surface area contributed by atoms with E-state index in [2.05, 4.69) is 0 Å². The molecule has 1 aromatic carbocycles. The molecule has 1 aromatic rings. The smallest absolute Gasteiger partial charge is 0.165 e. The Morgan fingerprint density at radius 2 is 2.06 bits per heavy atom. The molecule has 0 heterocycles. The van der Waals surface area contributed by atoms with E-state index < -0.39 is 17.2 Å². The van der Waals surface area contributed by atoms with Crippen LogP contribution < -0.4 is 5.73 Å². The van der Waals surface area contributed by atoms with E-state index in [1.165, 1.54) is 19.1 Å². The molecule has 88 valence electrons. The van der Waals surface area contributed by atoms with E-state index >= 15 is 0 Å². The highest BCUT2D eigenvalue weighted by Crippen LogP contribution is 2.39. The van der Waals surface area contributed by atoms with E-state index in [-0.39, 0.29) is 23.6 Å². The molecule has 2 nitrogen and oxygen atoms in total. The summed E-state index contributed by atoms with van der Waals surface area (Å²) in [5.41, 5.74) is 4.66. The Morgan fingerprint density at radius 3 is 2.62 bits per heavy atom.